The van der Waals surface area contributed by atoms with Crippen molar-refractivity contribution in [1.82, 2.24) is 39.2 Å². The van der Waals surface area contributed by atoms with E-state index < -0.39 is 29.1 Å². The monoisotopic (exact) mass is 879 g/mol. The van der Waals surface area contributed by atoms with Crippen LogP contribution in [0.25, 0.3) is 0 Å². The molecule has 20 heteroatoms. The largest absolute Gasteiger partial charge is 0.481 e. The maximum absolute atomic E-state index is 12.4. The number of hydrogen-bond donors (Lipinski definition) is 2. The Labute approximate surface area is 365 Å². The second-order valence-electron chi connectivity index (χ2n) is 17.6. The third-order valence-corrected chi connectivity index (χ3v) is 13.3. The first kappa shape index (κ1) is 49.0. The van der Waals surface area contributed by atoms with Crippen LogP contribution in [-0.2, 0) is 38.1 Å². The van der Waals surface area contributed by atoms with Crippen LogP contribution in [-0.4, -0.2) is 255 Å². The second-order valence-corrected chi connectivity index (χ2v) is 17.6. The molecule has 350 valence electrons. The Morgan fingerprint density at radius 2 is 1.24 bits per heavy atom. The second kappa shape index (κ2) is 23.1. The molecule has 6 fully saturated rings. The minimum atomic E-state index is -1.19. The van der Waals surface area contributed by atoms with Crippen molar-refractivity contribution in [2.75, 3.05) is 152 Å². The van der Waals surface area contributed by atoms with Crippen LogP contribution < -0.4 is 0 Å². The Bertz CT molecular complexity index is 1570. The quantitative estimate of drug-likeness (QED) is 0.108. The standard InChI is InChI=1S/C23H38N4O6.C19H32N4O6/c1-4-31-21(29)16-23(32-5-2)6-8-26(9-7-23)19(18-28)20-17-27(22(30)33-20)15-14-25-12-10-24(3)11-13-25;1-20-6-8-21(9-7-20)10-11-23-14-15(29-18(23)28)13-22-4-2-19(3-5-22,17(26)27)12-16(24)25/h20H,4-17H2,1-3H3;15H,2-14H2,1H3,(H,24,25)(H,26,27). The molecular formula is C42H70N8O12. The number of likely N-dealkylation sites (N-methyl/N-ethyl adjacent to an activating group) is 2. The van der Waals surface area contributed by atoms with Gasteiger partial charge in [0.1, 0.15) is 17.7 Å². The molecule has 0 saturated carbocycles. The number of likely N-dealkylation sites (tertiary alicyclic amines) is 2. The van der Waals surface area contributed by atoms with Gasteiger partial charge < -0.3 is 53.7 Å². The number of piperidine rings is 2. The zero-order valence-electron chi connectivity index (χ0n) is 37.3. The summed E-state index contributed by atoms with van der Waals surface area (Å²) in [7, 11) is 4.23. The Hall–Kier alpha value is -4.04. The molecule has 0 aromatic heterocycles. The predicted molar refractivity (Wildman–Crippen MR) is 225 cm³/mol. The summed E-state index contributed by atoms with van der Waals surface area (Å²) in [5.41, 5.74) is -1.41. The zero-order valence-corrected chi connectivity index (χ0v) is 37.3. The van der Waals surface area contributed by atoms with E-state index in [2.05, 4.69) is 38.6 Å². The Morgan fingerprint density at radius 1 is 0.694 bits per heavy atom. The molecular weight excluding hydrogens is 809 g/mol. The van der Waals surface area contributed by atoms with Crippen LogP contribution in [0.1, 0.15) is 52.4 Å². The highest BCUT2D eigenvalue weighted by Gasteiger charge is 2.45. The number of hydrogen-bond acceptors (Lipinski definition) is 16. The van der Waals surface area contributed by atoms with E-state index in [1.54, 1.807) is 16.7 Å². The van der Waals surface area contributed by atoms with E-state index in [1.165, 1.54) is 0 Å². The maximum atomic E-state index is 12.4. The van der Waals surface area contributed by atoms with Gasteiger partial charge in [-0.3, -0.25) is 29.1 Å². The minimum absolute atomic E-state index is 0.196. The number of nitrogens with zero attached hydrogens (tertiary/aromatic N) is 8. The lowest BCUT2D eigenvalue weighted by molar-refractivity contribution is -0.159. The maximum Gasteiger partial charge on any atom is 0.410 e. The molecule has 0 radical (unpaired) electrons. The summed E-state index contributed by atoms with van der Waals surface area (Å²) in [5, 5.41) is 18.5. The summed E-state index contributed by atoms with van der Waals surface area (Å²) in [6.07, 6.45) is 0.0772. The first-order valence-corrected chi connectivity index (χ1v) is 22.4. The molecule has 2 atom stereocenters. The van der Waals surface area contributed by atoms with E-state index >= 15 is 0 Å². The van der Waals surface area contributed by atoms with Gasteiger partial charge in [-0.05, 0) is 66.7 Å². The van der Waals surface area contributed by atoms with Crippen molar-refractivity contribution in [3.63, 3.8) is 0 Å². The molecule has 0 spiro atoms. The predicted octanol–water partition coefficient (Wildman–Crippen LogP) is 0.291. The SMILES string of the molecule is CCOC(=O)CC1(OCC)CCN(C(=C=O)C2CN(CCN3CCN(C)CC3)C(=O)O2)CC1.CN1CCN(CCN2CC(CN3CCC(CC(=O)O)(C(=O)O)CC3)OC2=O)CC1. The summed E-state index contributed by atoms with van der Waals surface area (Å²) >= 11 is 0. The molecule has 6 heterocycles. The van der Waals surface area contributed by atoms with E-state index in [-0.39, 0.29) is 37.1 Å². The van der Waals surface area contributed by atoms with Crippen LogP contribution in [0.5, 0.6) is 0 Å². The number of aliphatic carboxylic acids is 2. The highest BCUT2D eigenvalue weighted by molar-refractivity contribution is 5.81. The summed E-state index contributed by atoms with van der Waals surface area (Å²) in [4.78, 5) is 87.9. The minimum Gasteiger partial charge on any atom is -0.481 e. The van der Waals surface area contributed by atoms with Crippen molar-refractivity contribution in [3.8, 4) is 0 Å². The average Bonchev–Trinajstić information content (AvgIpc) is 3.79. The Balaban J connectivity index is 0.000000236. The number of carbonyl (C=O) groups is 5. The van der Waals surface area contributed by atoms with Crippen molar-refractivity contribution < 1.29 is 57.9 Å². The molecule has 0 aliphatic carbocycles. The topological polar surface area (TPSA) is 206 Å². The first-order chi connectivity index (χ1) is 29.7. The van der Waals surface area contributed by atoms with Crippen LogP contribution in [0.15, 0.2) is 5.70 Å². The van der Waals surface area contributed by atoms with E-state index in [0.29, 0.717) is 103 Å². The molecule has 6 saturated heterocycles. The van der Waals surface area contributed by atoms with Crippen LogP contribution in [0.2, 0.25) is 0 Å². The van der Waals surface area contributed by atoms with E-state index in [1.807, 2.05) is 17.8 Å². The summed E-state index contributed by atoms with van der Waals surface area (Å²) in [6.45, 7) is 19.0. The highest BCUT2D eigenvalue weighted by Crippen LogP contribution is 2.36. The third-order valence-electron chi connectivity index (χ3n) is 13.3. The van der Waals surface area contributed by atoms with Crippen molar-refractivity contribution in [2.24, 2.45) is 5.41 Å². The van der Waals surface area contributed by atoms with Gasteiger partial charge in [-0.25, -0.2) is 14.4 Å². The van der Waals surface area contributed by atoms with Gasteiger partial charge >= 0.3 is 30.1 Å². The van der Waals surface area contributed by atoms with Crippen molar-refractivity contribution in [1.29, 1.82) is 0 Å². The number of rotatable bonds is 18. The van der Waals surface area contributed by atoms with E-state index in [0.717, 1.165) is 65.4 Å². The summed E-state index contributed by atoms with van der Waals surface area (Å²) in [6, 6.07) is 0. The van der Waals surface area contributed by atoms with Crippen LogP contribution in [0, 0.1) is 5.41 Å². The van der Waals surface area contributed by atoms with Crippen molar-refractivity contribution in [2.45, 2.75) is 70.2 Å². The smallest absolute Gasteiger partial charge is 0.410 e. The van der Waals surface area contributed by atoms with E-state index in [4.69, 9.17) is 24.1 Å². The fourth-order valence-electron chi connectivity index (χ4n) is 9.20. The fraction of sp³-hybridized carbons (Fsp3) is 0.833. The molecule has 0 aromatic carbocycles. The molecule has 0 aromatic rings. The number of carboxylic acid groups (broad SMARTS) is 2. The number of carboxylic acids is 2. The van der Waals surface area contributed by atoms with E-state index in [9.17, 15) is 33.9 Å². The average molecular weight is 879 g/mol. The van der Waals surface area contributed by atoms with Gasteiger partial charge in [-0.2, -0.15) is 0 Å². The molecule has 0 bridgehead atoms. The van der Waals surface area contributed by atoms with Gasteiger partial charge in [0.15, 0.2) is 6.10 Å². The molecule has 62 heavy (non-hydrogen) atoms. The van der Waals surface area contributed by atoms with Gasteiger partial charge in [0.25, 0.3) is 0 Å². The third kappa shape index (κ3) is 13.7. The van der Waals surface area contributed by atoms with Gasteiger partial charge in [0.2, 0.25) is 0 Å². The number of amides is 2. The number of piperazine rings is 2. The summed E-state index contributed by atoms with van der Waals surface area (Å²) in [5.74, 6) is -0.368. The van der Waals surface area contributed by atoms with Gasteiger partial charge in [0.05, 0.1) is 43.6 Å². The molecule has 2 N–H and O–H groups in total. The van der Waals surface area contributed by atoms with Gasteiger partial charge in [-0.15, -0.1) is 0 Å². The number of esters is 1. The number of cyclic esters (lactones) is 2. The number of carbonyl (C=O) groups excluding carboxylic acids is 4. The van der Waals surface area contributed by atoms with Gasteiger partial charge in [0, 0.05) is 105 Å². The molecule has 20 nitrogen and oxygen atoms in total. The molecule has 6 aliphatic heterocycles. The van der Waals surface area contributed by atoms with Crippen molar-refractivity contribution >= 4 is 36.0 Å². The first-order valence-electron chi connectivity index (χ1n) is 22.4. The van der Waals surface area contributed by atoms with Gasteiger partial charge in [-0.1, -0.05) is 0 Å². The lowest BCUT2D eigenvalue weighted by Crippen LogP contribution is -2.49. The highest BCUT2D eigenvalue weighted by atomic mass is 16.6. The van der Waals surface area contributed by atoms with Crippen LogP contribution in [0.3, 0.4) is 0 Å². The van der Waals surface area contributed by atoms with Crippen LogP contribution >= 0.6 is 0 Å². The summed E-state index contributed by atoms with van der Waals surface area (Å²) < 4.78 is 22.1. The molecule has 2 unspecified atom stereocenters. The lowest BCUT2D eigenvalue weighted by Gasteiger charge is -2.42. The number of ether oxygens (including phenoxy) is 4. The zero-order chi connectivity index (χ0) is 44.9. The molecule has 2 amide bonds. The Morgan fingerprint density at radius 3 is 1.74 bits per heavy atom. The fourth-order valence-corrected chi connectivity index (χ4v) is 9.20. The normalized spacial score (nSPS) is 25.1. The van der Waals surface area contributed by atoms with Crippen LogP contribution in [0.4, 0.5) is 9.59 Å². The lowest BCUT2D eigenvalue weighted by atomic mass is 9.75. The molecule has 6 aliphatic rings. The van der Waals surface area contributed by atoms with Crippen molar-refractivity contribution in [3.05, 3.63) is 5.70 Å². The Kier molecular flexibility index (Phi) is 18.2. The molecule has 6 rings (SSSR count).